The van der Waals surface area contributed by atoms with Crippen LogP contribution in [0.5, 0.6) is 5.75 Å². The van der Waals surface area contributed by atoms with Crippen LogP contribution in [-0.4, -0.2) is 20.3 Å². The number of hydrogen-bond donors (Lipinski definition) is 1. The monoisotopic (exact) mass is 275 g/mol. The Morgan fingerprint density at radius 2 is 2.06 bits per heavy atom. The van der Waals surface area contributed by atoms with Crippen LogP contribution >= 0.6 is 12.4 Å². The molecule has 1 heterocycles. The van der Waals surface area contributed by atoms with Crippen molar-refractivity contribution in [3.8, 4) is 5.75 Å². The summed E-state index contributed by atoms with van der Waals surface area (Å²) in [6.07, 6.45) is 1.83. The summed E-state index contributed by atoms with van der Waals surface area (Å²) in [7, 11) is 1.58. The maximum absolute atomic E-state index is 13.3. The summed E-state index contributed by atoms with van der Waals surface area (Å²) in [5.74, 6) is 0.716. The van der Waals surface area contributed by atoms with Crippen molar-refractivity contribution >= 4 is 12.4 Å². The zero-order valence-electron chi connectivity index (χ0n) is 10.4. The second-order valence-corrected chi connectivity index (χ2v) is 4.36. The van der Waals surface area contributed by atoms with Gasteiger partial charge in [0.25, 0.3) is 0 Å². The summed E-state index contributed by atoms with van der Waals surface area (Å²) in [6, 6.07) is 4.30. The third kappa shape index (κ3) is 3.34. The van der Waals surface area contributed by atoms with Crippen LogP contribution in [0.1, 0.15) is 24.4 Å². The molecule has 1 aliphatic rings. The number of rotatable bonds is 3. The normalized spacial score (nSPS) is 17.9. The molecule has 1 aromatic rings. The predicted octanol–water partition coefficient (Wildman–Crippen LogP) is 2.68. The minimum Gasteiger partial charge on any atom is -0.496 e. The quantitative estimate of drug-likeness (QED) is 0.922. The summed E-state index contributed by atoms with van der Waals surface area (Å²) in [6.45, 7) is 1.46. The third-order valence-corrected chi connectivity index (χ3v) is 3.32. The first-order valence-electron chi connectivity index (χ1n) is 5.89. The summed E-state index contributed by atoms with van der Waals surface area (Å²) in [5.41, 5.74) is 6.96. The lowest BCUT2D eigenvalue weighted by atomic mass is 9.87. The fourth-order valence-electron chi connectivity index (χ4n) is 2.29. The number of methoxy groups -OCH3 is 1. The van der Waals surface area contributed by atoms with Crippen molar-refractivity contribution in [2.45, 2.75) is 18.9 Å². The Balaban J connectivity index is 0.00000162. The molecule has 0 bridgehead atoms. The van der Waals surface area contributed by atoms with Crippen molar-refractivity contribution in [1.82, 2.24) is 0 Å². The summed E-state index contributed by atoms with van der Waals surface area (Å²) in [4.78, 5) is 0. The fraction of sp³-hybridized carbons (Fsp3) is 0.538. The molecular weight excluding hydrogens is 257 g/mol. The van der Waals surface area contributed by atoms with Gasteiger partial charge in [-0.05, 0) is 37.0 Å². The third-order valence-electron chi connectivity index (χ3n) is 3.32. The van der Waals surface area contributed by atoms with Gasteiger partial charge in [-0.1, -0.05) is 0 Å². The van der Waals surface area contributed by atoms with Crippen LogP contribution in [0.4, 0.5) is 4.39 Å². The van der Waals surface area contributed by atoms with Crippen LogP contribution in [0.25, 0.3) is 0 Å². The second-order valence-electron chi connectivity index (χ2n) is 4.36. The SMILES string of the molecule is COc1ccc(F)cc1[C@@H](N)C1CCOCC1.Cl. The highest BCUT2D eigenvalue weighted by Crippen LogP contribution is 2.33. The smallest absolute Gasteiger partial charge is 0.123 e. The Bertz CT molecular complexity index is 383. The van der Waals surface area contributed by atoms with Gasteiger partial charge in [0, 0.05) is 24.8 Å². The van der Waals surface area contributed by atoms with Gasteiger partial charge in [0.15, 0.2) is 0 Å². The molecule has 0 radical (unpaired) electrons. The van der Waals surface area contributed by atoms with Crippen LogP contribution < -0.4 is 10.5 Å². The zero-order chi connectivity index (χ0) is 12.3. The van der Waals surface area contributed by atoms with E-state index in [1.165, 1.54) is 12.1 Å². The maximum Gasteiger partial charge on any atom is 0.123 e. The second kappa shape index (κ2) is 6.92. The number of ether oxygens (including phenoxy) is 2. The minimum atomic E-state index is -0.275. The van der Waals surface area contributed by atoms with Crippen molar-refractivity contribution in [3.63, 3.8) is 0 Å². The molecule has 2 N–H and O–H groups in total. The first kappa shape index (κ1) is 15.2. The van der Waals surface area contributed by atoms with E-state index in [0.717, 1.165) is 31.6 Å². The number of benzene rings is 1. The first-order chi connectivity index (χ1) is 8.22. The van der Waals surface area contributed by atoms with Crippen LogP contribution in [0.2, 0.25) is 0 Å². The number of nitrogens with two attached hydrogens (primary N) is 1. The van der Waals surface area contributed by atoms with Gasteiger partial charge >= 0.3 is 0 Å². The molecular formula is C13H19ClFNO2. The van der Waals surface area contributed by atoms with Gasteiger partial charge in [-0.2, -0.15) is 0 Å². The highest BCUT2D eigenvalue weighted by atomic mass is 35.5. The standard InChI is InChI=1S/C13H18FNO2.ClH/c1-16-12-3-2-10(14)8-11(12)13(15)9-4-6-17-7-5-9;/h2-3,8-9,13H,4-7,15H2,1H3;1H/t13-;/m0./s1. The topological polar surface area (TPSA) is 44.5 Å². The van der Waals surface area contributed by atoms with Crippen LogP contribution in [0, 0.1) is 11.7 Å². The van der Waals surface area contributed by atoms with E-state index < -0.39 is 0 Å². The Kier molecular flexibility index (Phi) is 5.85. The van der Waals surface area contributed by atoms with Crippen LogP contribution in [0.15, 0.2) is 18.2 Å². The van der Waals surface area contributed by atoms with Gasteiger partial charge < -0.3 is 15.2 Å². The van der Waals surface area contributed by atoms with Gasteiger partial charge in [-0.25, -0.2) is 4.39 Å². The largest absolute Gasteiger partial charge is 0.496 e. The van der Waals surface area contributed by atoms with Crippen LogP contribution in [-0.2, 0) is 4.74 Å². The molecule has 0 unspecified atom stereocenters. The molecule has 0 amide bonds. The van der Waals surface area contributed by atoms with Gasteiger partial charge in [0.05, 0.1) is 7.11 Å². The molecule has 0 saturated carbocycles. The zero-order valence-corrected chi connectivity index (χ0v) is 11.2. The molecule has 2 rings (SSSR count). The van der Waals surface area contributed by atoms with Crippen molar-refractivity contribution in [2.75, 3.05) is 20.3 Å². The van der Waals surface area contributed by atoms with Gasteiger partial charge in [0.2, 0.25) is 0 Å². The lowest BCUT2D eigenvalue weighted by Crippen LogP contribution is -2.27. The Morgan fingerprint density at radius 1 is 1.39 bits per heavy atom. The van der Waals surface area contributed by atoms with Gasteiger partial charge in [-0.15, -0.1) is 12.4 Å². The Labute approximate surface area is 113 Å². The molecule has 0 aliphatic carbocycles. The highest BCUT2D eigenvalue weighted by molar-refractivity contribution is 5.85. The van der Waals surface area contributed by atoms with Crippen molar-refractivity contribution in [1.29, 1.82) is 0 Å². The van der Waals surface area contributed by atoms with E-state index in [4.69, 9.17) is 15.2 Å². The lowest BCUT2D eigenvalue weighted by molar-refractivity contribution is 0.0581. The summed E-state index contributed by atoms with van der Waals surface area (Å²) < 4.78 is 23.8. The minimum absolute atomic E-state index is 0. The van der Waals surface area contributed by atoms with Crippen molar-refractivity contribution in [3.05, 3.63) is 29.6 Å². The number of hydrogen-bond acceptors (Lipinski definition) is 3. The van der Waals surface area contributed by atoms with E-state index in [-0.39, 0.29) is 24.3 Å². The highest BCUT2D eigenvalue weighted by Gasteiger charge is 2.24. The molecule has 1 saturated heterocycles. The molecule has 1 atom stereocenters. The summed E-state index contributed by atoms with van der Waals surface area (Å²) >= 11 is 0. The predicted molar refractivity (Wildman–Crippen MR) is 70.7 cm³/mol. The molecule has 18 heavy (non-hydrogen) atoms. The first-order valence-corrected chi connectivity index (χ1v) is 5.89. The molecule has 1 aliphatic heterocycles. The molecule has 0 aromatic heterocycles. The average molecular weight is 276 g/mol. The Hall–Kier alpha value is -0.840. The van der Waals surface area contributed by atoms with E-state index in [1.807, 2.05) is 0 Å². The van der Waals surface area contributed by atoms with Crippen molar-refractivity contribution in [2.24, 2.45) is 11.7 Å². The van der Waals surface area contributed by atoms with E-state index in [0.29, 0.717) is 11.7 Å². The van der Waals surface area contributed by atoms with Gasteiger partial charge in [0.1, 0.15) is 11.6 Å². The lowest BCUT2D eigenvalue weighted by Gasteiger charge is -2.28. The van der Waals surface area contributed by atoms with E-state index in [9.17, 15) is 4.39 Å². The Morgan fingerprint density at radius 3 is 2.67 bits per heavy atom. The fourth-order valence-corrected chi connectivity index (χ4v) is 2.29. The van der Waals surface area contributed by atoms with Crippen molar-refractivity contribution < 1.29 is 13.9 Å². The number of halogens is 2. The molecule has 3 nitrogen and oxygen atoms in total. The maximum atomic E-state index is 13.3. The average Bonchev–Trinajstić information content (AvgIpc) is 2.39. The van der Waals surface area contributed by atoms with Crippen LogP contribution in [0.3, 0.4) is 0 Å². The van der Waals surface area contributed by atoms with E-state index in [2.05, 4.69) is 0 Å². The van der Waals surface area contributed by atoms with E-state index in [1.54, 1.807) is 13.2 Å². The molecule has 0 spiro atoms. The van der Waals surface area contributed by atoms with Gasteiger partial charge in [-0.3, -0.25) is 0 Å². The van der Waals surface area contributed by atoms with E-state index >= 15 is 0 Å². The molecule has 102 valence electrons. The molecule has 5 heteroatoms. The molecule has 1 fully saturated rings. The summed E-state index contributed by atoms with van der Waals surface area (Å²) in [5, 5.41) is 0. The molecule has 1 aromatic carbocycles.